The van der Waals surface area contributed by atoms with Crippen molar-refractivity contribution in [2.75, 3.05) is 0 Å². The van der Waals surface area contributed by atoms with Gasteiger partial charge in [0.25, 0.3) is 0 Å². The highest BCUT2D eigenvalue weighted by Crippen LogP contribution is 2.72. The first-order valence-corrected chi connectivity index (χ1v) is 7.38. The molecule has 1 N–H and O–H groups in total. The number of hydrogen-bond acceptors (Lipinski definition) is 1. The Morgan fingerprint density at radius 1 is 1.18 bits per heavy atom. The van der Waals surface area contributed by atoms with Crippen LogP contribution in [0.4, 0.5) is 0 Å². The topological polar surface area (TPSA) is 20.2 Å². The van der Waals surface area contributed by atoms with Crippen LogP contribution >= 0.6 is 15.9 Å². The molecule has 0 heterocycles. The zero-order valence-electron chi connectivity index (χ0n) is 10.2. The summed E-state index contributed by atoms with van der Waals surface area (Å²) >= 11 is 3.49. The maximum atomic E-state index is 10.3. The van der Waals surface area contributed by atoms with Gasteiger partial charge in [-0.3, -0.25) is 0 Å². The van der Waals surface area contributed by atoms with E-state index in [1.165, 1.54) is 31.2 Å². The highest BCUT2D eigenvalue weighted by atomic mass is 79.9. The van der Waals surface area contributed by atoms with Gasteiger partial charge >= 0.3 is 0 Å². The van der Waals surface area contributed by atoms with Crippen molar-refractivity contribution in [2.45, 2.75) is 50.5 Å². The van der Waals surface area contributed by atoms with E-state index < -0.39 is 0 Å². The van der Waals surface area contributed by atoms with Crippen LogP contribution in [-0.4, -0.2) is 11.2 Å². The lowest BCUT2D eigenvalue weighted by molar-refractivity contribution is 0.0643. The van der Waals surface area contributed by atoms with Gasteiger partial charge in [-0.2, -0.15) is 0 Å². The van der Waals surface area contributed by atoms with Crippen molar-refractivity contribution in [1.29, 1.82) is 0 Å². The minimum atomic E-state index is -0.117. The second kappa shape index (κ2) is 3.83. The standard InChI is InChI=1S/C15H19BrO/c1-2-13(17)15(9-10-15)14(7-8-14)11-3-5-12(16)6-4-11/h3-6,13,17H,2,7-10H2,1H3. The lowest BCUT2D eigenvalue weighted by Gasteiger charge is -2.31. The van der Waals surface area contributed by atoms with Gasteiger partial charge in [0.2, 0.25) is 0 Å². The normalized spacial score (nSPS) is 25.4. The molecule has 2 fully saturated rings. The maximum absolute atomic E-state index is 10.3. The first-order valence-electron chi connectivity index (χ1n) is 6.59. The zero-order valence-corrected chi connectivity index (χ0v) is 11.8. The van der Waals surface area contributed by atoms with Crippen LogP contribution in [0, 0.1) is 5.41 Å². The van der Waals surface area contributed by atoms with E-state index in [-0.39, 0.29) is 11.5 Å². The first kappa shape index (κ1) is 11.7. The fourth-order valence-electron chi connectivity index (χ4n) is 3.62. The van der Waals surface area contributed by atoms with Crippen molar-refractivity contribution < 1.29 is 5.11 Å². The number of rotatable bonds is 4. The van der Waals surface area contributed by atoms with Gasteiger partial charge in [0.05, 0.1) is 6.10 Å². The molecule has 0 bridgehead atoms. The smallest absolute Gasteiger partial charge is 0.0602 e. The van der Waals surface area contributed by atoms with Crippen LogP contribution in [0.3, 0.4) is 0 Å². The lowest BCUT2D eigenvalue weighted by Crippen LogP contribution is -2.33. The van der Waals surface area contributed by atoms with Gasteiger partial charge in [-0.1, -0.05) is 35.0 Å². The number of halogens is 1. The van der Waals surface area contributed by atoms with Crippen LogP contribution in [0.1, 0.15) is 44.6 Å². The molecule has 1 aromatic carbocycles. The number of aliphatic hydroxyl groups excluding tert-OH is 1. The second-order valence-electron chi connectivity index (χ2n) is 5.67. The number of benzene rings is 1. The van der Waals surface area contributed by atoms with Crippen LogP contribution < -0.4 is 0 Å². The van der Waals surface area contributed by atoms with Gasteiger partial charge in [0.15, 0.2) is 0 Å². The molecule has 0 saturated heterocycles. The van der Waals surface area contributed by atoms with E-state index in [1.807, 2.05) is 0 Å². The summed E-state index contributed by atoms with van der Waals surface area (Å²) in [6.07, 6.45) is 5.69. The van der Waals surface area contributed by atoms with E-state index in [1.54, 1.807) is 0 Å². The van der Waals surface area contributed by atoms with Crippen LogP contribution in [0.15, 0.2) is 28.7 Å². The molecule has 1 nitrogen and oxygen atoms in total. The van der Waals surface area contributed by atoms with E-state index in [0.717, 1.165) is 10.9 Å². The minimum Gasteiger partial charge on any atom is -0.393 e. The molecule has 2 aliphatic carbocycles. The number of hydrogen-bond donors (Lipinski definition) is 1. The summed E-state index contributed by atoms with van der Waals surface area (Å²) in [4.78, 5) is 0. The summed E-state index contributed by atoms with van der Waals surface area (Å²) in [5.41, 5.74) is 1.93. The molecule has 2 aliphatic rings. The monoisotopic (exact) mass is 294 g/mol. The van der Waals surface area contributed by atoms with Crippen LogP contribution in [0.25, 0.3) is 0 Å². The molecule has 1 aromatic rings. The van der Waals surface area contributed by atoms with E-state index in [9.17, 15) is 5.11 Å². The van der Waals surface area contributed by atoms with Gasteiger partial charge in [-0.05, 0) is 49.8 Å². The Bertz CT molecular complexity index is 415. The van der Waals surface area contributed by atoms with Crippen molar-refractivity contribution in [1.82, 2.24) is 0 Å². The van der Waals surface area contributed by atoms with E-state index in [0.29, 0.717) is 5.41 Å². The summed E-state index contributed by atoms with van der Waals surface area (Å²) in [6, 6.07) is 8.73. The third-order valence-electron chi connectivity index (χ3n) is 4.91. The molecule has 0 amide bonds. The van der Waals surface area contributed by atoms with Crippen LogP contribution in [0.5, 0.6) is 0 Å². The van der Waals surface area contributed by atoms with Crippen LogP contribution in [0.2, 0.25) is 0 Å². The van der Waals surface area contributed by atoms with Crippen molar-refractivity contribution in [2.24, 2.45) is 5.41 Å². The Hall–Kier alpha value is -0.340. The third-order valence-corrected chi connectivity index (χ3v) is 5.44. The molecule has 17 heavy (non-hydrogen) atoms. The predicted octanol–water partition coefficient (Wildman–Crippen LogP) is 4.03. The molecule has 0 aromatic heterocycles. The first-order chi connectivity index (χ1) is 8.14. The summed E-state index contributed by atoms with van der Waals surface area (Å²) in [5, 5.41) is 10.3. The van der Waals surface area contributed by atoms with Crippen molar-refractivity contribution in [3.8, 4) is 0 Å². The molecule has 0 spiro atoms. The molecule has 2 saturated carbocycles. The fourth-order valence-corrected chi connectivity index (χ4v) is 3.89. The predicted molar refractivity (Wildman–Crippen MR) is 73.0 cm³/mol. The molecule has 0 radical (unpaired) electrons. The van der Waals surface area contributed by atoms with Gasteiger partial charge < -0.3 is 5.11 Å². The largest absolute Gasteiger partial charge is 0.393 e. The zero-order chi connectivity index (χ0) is 12.1. The van der Waals surface area contributed by atoms with Gasteiger partial charge in [0, 0.05) is 15.3 Å². The SMILES string of the molecule is CCC(O)C1(C2(c3ccc(Br)cc3)CC2)CC1. The van der Waals surface area contributed by atoms with Gasteiger partial charge in [-0.15, -0.1) is 0 Å². The summed E-state index contributed by atoms with van der Waals surface area (Å²) in [5.74, 6) is 0. The molecule has 2 heteroatoms. The van der Waals surface area contributed by atoms with E-state index in [2.05, 4.69) is 47.1 Å². The average molecular weight is 295 g/mol. The third kappa shape index (κ3) is 1.61. The molecule has 0 aliphatic heterocycles. The number of aliphatic hydroxyl groups is 1. The Morgan fingerprint density at radius 2 is 1.76 bits per heavy atom. The molecule has 1 atom stereocenters. The Kier molecular flexibility index (Phi) is 2.64. The lowest BCUT2D eigenvalue weighted by atomic mass is 9.75. The molecule has 92 valence electrons. The molecule has 1 unspecified atom stereocenters. The quantitative estimate of drug-likeness (QED) is 0.889. The second-order valence-corrected chi connectivity index (χ2v) is 6.58. The van der Waals surface area contributed by atoms with Crippen molar-refractivity contribution >= 4 is 15.9 Å². The summed E-state index contributed by atoms with van der Waals surface area (Å²) in [7, 11) is 0. The molecular formula is C15H19BrO. The Morgan fingerprint density at radius 3 is 2.18 bits per heavy atom. The van der Waals surface area contributed by atoms with Crippen molar-refractivity contribution in [3.63, 3.8) is 0 Å². The van der Waals surface area contributed by atoms with E-state index in [4.69, 9.17) is 0 Å². The van der Waals surface area contributed by atoms with Gasteiger partial charge in [-0.25, -0.2) is 0 Å². The Labute approximate surface area is 111 Å². The van der Waals surface area contributed by atoms with Gasteiger partial charge in [0.1, 0.15) is 0 Å². The van der Waals surface area contributed by atoms with E-state index >= 15 is 0 Å². The maximum Gasteiger partial charge on any atom is 0.0602 e. The summed E-state index contributed by atoms with van der Waals surface area (Å²) in [6.45, 7) is 2.10. The molecular weight excluding hydrogens is 276 g/mol. The fraction of sp³-hybridized carbons (Fsp3) is 0.600. The van der Waals surface area contributed by atoms with Crippen LogP contribution in [-0.2, 0) is 5.41 Å². The highest BCUT2D eigenvalue weighted by molar-refractivity contribution is 9.10. The Balaban J connectivity index is 1.94. The minimum absolute atomic E-state index is 0.117. The highest BCUT2D eigenvalue weighted by Gasteiger charge is 2.68. The average Bonchev–Trinajstić information content (AvgIpc) is 3.20. The molecule has 3 rings (SSSR count). The summed E-state index contributed by atoms with van der Waals surface area (Å²) < 4.78 is 1.14. The van der Waals surface area contributed by atoms with Crippen molar-refractivity contribution in [3.05, 3.63) is 34.3 Å².